The Bertz CT molecular complexity index is 520. The van der Waals surface area contributed by atoms with Gasteiger partial charge >= 0.3 is 0 Å². The minimum Gasteiger partial charge on any atom is -0.327 e. The summed E-state index contributed by atoms with van der Waals surface area (Å²) >= 11 is 0. The number of fused-ring (bicyclic) bond motifs is 1. The van der Waals surface area contributed by atoms with Crippen LogP contribution in [-0.2, 0) is 11.2 Å². The molecule has 4 heteroatoms. The standard InChI is InChI=1S/C18H26N2O.ClH/c1-13-10-15-7-3-5-9-17(15)20(12-13)18(21)11-14-6-2-4-8-16(14)19;/h3,5,7,9,13-14,16H,2,4,6,8,10-12,19H2,1H3;1H. The molecule has 22 heavy (non-hydrogen) atoms. The SMILES string of the molecule is CC1Cc2ccccc2N(C(=O)CC2CCCCC2N)C1.Cl. The van der Waals surface area contributed by atoms with Crippen LogP contribution in [0.5, 0.6) is 0 Å². The van der Waals surface area contributed by atoms with E-state index in [0.717, 1.165) is 31.5 Å². The van der Waals surface area contributed by atoms with E-state index in [1.807, 2.05) is 11.0 Å². The molecule has 122 valence electrons. The number of nitrogens with zero attached hydrogens (tertiary/aromatic N) is 1. The number of amides is 1. The van der Waals surface area contributed by atoms with E-state index in [-0.39, 0.29) is 24.4 Å². The number of anilines is 1. The van der Waals surface area contributed by atoms with Crippen molar-refractivity contribution in [2.75, 3.05) is 11.4 Å². The largest absolute Gasteiger partial charge is 0.327 e. The number of carbonyl (C=O) groups excluding carboxylic acids is 1. The number of para-hydroxylation sites is 1. The molecule has 1 fully saturated rings. The monoisotopic (exact) mass is 322 g/mol. The fraction of sp³-hybridized carbons (Fsp3) is 0.611. The van der Waals surface area contributed by atoms with Gasteiger partial charge in [0.15, 0.2) is 0 Å². The van der Waals surface area contributed by atoms with Crippen LogP contribution in [0.4, 0.5) is 5.69 Å². The Labute approximate surface area is 139 Å². The lowest BCUT2D eigenvalue weighted by Crippen LogP contribution is -2.42. The van der Waals surface area contributed by atoms with E-state index in [4.69, 9.17) is 5.73 Å². The van der Waals surface area contributed by atoms with Gasteiger partial charge in [0, 0.05) is 24.7 Å². The topological polar surface area (TPSA) is 46.3 Å². The Kier molecular flexibility index (Phi) is 5.87. The number of rotatable bonds is 2. The van der Waals surface area contributed by atoms with Crippen LogP contribution in [0, 0.1) is 11.8 Å². The molecule has 1 heterocycles. The normalized spacial score (nSPS) is 27.7. The minimum absolute atomic E-state index is 0. The van der Waals surface area contributed by atoms with Gasteiger partial charge in [-0.05, 0) is 42.7 Å². The quantitative estimate of drug-likeness (QED) is 0.905. The number of nitrogens with two attached hydrogens (primary N) is 1. The third-order valence-electron chi connectivity index (χ3n) is 5.05. The molecular formula is C18H27ClN2O. The van der Waals surface area contributed by atoms with Gasteiger partial charge in [0.25, 0.3) is 0 Å². The lowest BCUT2D eigenvalue weighted by atomic mass is 9.82. The molecule has 3 atom stereocenters. The maximum absolute atomic E-state index is 12.8. The number of hydrogen-bond acceptors (Lipinski definition) is 2. The third kappa shape index (κ3) is 3.64. The summed E-state index contributed by atoms with van der Waals surface area (Å²) in [5.74, 6) is 1.16. The van der Waals surface area contributed by atoms with E-state index < -0.39 is 0 Å². The molecule has 0 spiro atoms. The third-order valence-corrected chi connectivity index (χ3v) is 5.05. The molecule has 1 aromatic rings. The summed E-state index contributed by atoms with van der Waals surface area (Å²) in [6.45, 7) is 3.07. The molecule has 1 amide bonds. The fourth-order valence-corrected chi connectivity index (χ4v) is 3.86. The first-order valence-corrected chi connectivity index (χ1v) is 8.29. The zero-order valence-electron chi connectivity index (χ0n) is 13.3. The second-order valence-electron chi connectivity index (χ2n) is 6.85. The van der Waals surface area contributed by atoms with Crippen LogP contribution in [0.3, 0.4) is 0 Å². The molecule has 1 aromatic carbocycles. The molecule has 2 aliphatic rings. The number of benzene rings is 1. The van der Waals surface area contributed by atoms with Gasteiger partial charge in [-0.2, -0.15) is 0 Å². The van der Waals surface area contributed by atoms with Gasteiger partial charge in [-0.15, -0.1) is 12.4 Å². The van der Waals surface area contributed by atoms with Crippen molar-refractivity contribution >= 4 is 24.0 Å². The lowest BCUT2D eigenvalue weighted by molar-refractivity contribution is -0.120. The van der Waals surface area contributed by atoms with Gasteiger partial charge in [-0.25, -0.2) is 0 Å². The molecule has 0 radical (unpaired) electrons. The first kappa shape index (κ1) is 17.3. The number of halogens is 1. The molecule has 3 rings (SSSR count). The van der Waals surface area contributed by atoms with E-state index in [1.54, 1.807) is 0 Å². The van der Waals surface area contributed by atoms with Crippen LogP contribution in [0.1, 0.15) is 44.6 Å². The zero-order valence-corrected chi connectivity index (χ0v) is 14.1. The van der Waals surface area contributed by atoms with E-state index in [0.29, 0.717) is 18.3 Å². The van der Waals surface area contributed by atoms with E-state index in [9.17, 15) is 4.79 Å². The minimum atomic E-state index is 0. The van der Waals surface area contributed by atoms with Gasteiger partial charge < -0.3 is 10.6 Å². The molecule has 3 nitrogen and oxygen atoms in total. The van der Waals surface area contributed by atoms with Crippen molar-refractivity contribution in [3.05, 3.63) is 29.8 Å². The Morgan fingerprint density at radius 1 is 1.27 bits per heavy atom. The van der Waals surface area contributed by atoms with Crippen molar-refractivity contribution in [2.24, 2.45) is 17.6 Å². The Balaban J connectivity index is 0.00000176. The van der Waals surface area contributed by atoms with Crippen LogP contribution in [0.2, 0.25) is 0 Å². The average Bonchev–Trinajstić information content (AvgIpc) is 2.48. The summed E-state index contributed by atoms with van der Waals surface area (Å²) in [7, 11) is 0. The predicted octanol–water partition coefficient (Wildman–Crippen LogP) is 3.54. The summed E-state index contributed by atoms with van der Waals surface area (Å²) in [6.07, 6.45) is 6.31. The second kappa shape index (κ2) is 7.47. The van der Waals surface area contributed by atoms with E-state index in [1.165, 1.54) is 18.4 Å². The predicted molar refractivity (Wildman–Crippen MR) is 93.5 cm³/mol. The summed E-state index contributed by atoms with van der Waals surface area (Å²) in [4.78, 5) is 14.8. The number of carbonyl (C=O) groups is 1. The van der Waals surface area contributed by atoms with Crippen LogP contribution in [0.15, 0.2) is 24.3 Å². The Morgan fingerprint density at radius 3 is 2.77 bits per heavy atom. The molecule has 0 bridgehead atoms. The smallest absolute Gasteiger partial charge is 0.227 e. The average molecular weight is 323 g/mol. The van der Waals surface area contributed by atoms with Crippen molar-refractivity contribution in [1.29, 1.82) is 0 Å². The summed E-state index contributed by atoms with van der Waals surface area (Å²) in [5, 5.41) is 0. The van der Waals surface area contributed by atoms with Gasteiger partial charge in [0.1, 0.15) is 0 Å². The lowest BCUT2D eigenvalue weighted by Gasteiger charge is -2.35. The van der Waals surface area contributed by atoms with Crippen LogP contribution in [0.25, 0.3) is 0 Å². The molecule has 3 unspecified atom stereocenters. The number of hydrogen-bond donors (Lipinski definition) is 1. The highest BCUT2D eigenvalue weighted by atomic mass is 35.5. The van der Waals surface area contributed by atoms with Crippen molar-refractivity contribution in [3.8, 4) is 0 Å². The maximum atomic E-state index is 12.8. The van der Waals surface area contributed by atoms with Gasteiger partial charge in [0.05, 0.1) is 0 Å². The molecule has 0 saturated heterocycles. The van der Waals surface area contributed by atoms with Crippen molar-refractivity contribution in [2.45, 2.75) is 51.5 Å². The molecule has 1 aliphatic carbocycles. The maximum Gasteiger partial charge on any atom is 0.227 e. The van der Waals surface area contributed by atoms with Crippen LogP contribution in [-0.4, -0.2) is 18.5 Å². The molecule has 1 saturated carbocycles. The summed E-state index contributed by atoms with van der Waals surface area (Å²) in [5.41, 5.74) is 8.63. The molecule has 1 aliphatic heterocycles. The second-order valence-corrected chi connectivity index (χ2v) is 6.85. The van der Waals surface area contributed by atoms with Crippen LogP contribution >= 0.6 is 12.4 Å². The fourth-order valence-electron chi connectivity index (χ4n) is 3.86. The van der Waals surface area contributed by atoms with Crippen molar-refractivity contribution in [1.82, 2.24) is 0 Å². The Hall–Kier alpha value is -1.06. The Morgan fingerprint density at radius 2 is 2.00 bits per heavy atom. The van der Waals surface area contributed by atoms with Crippen LogP contribution < -0.4 is 10.6 Å². The molecule has 0 aromatic heterocycles. The van der Waals surface area contributed by atoms with Gasteiger partial charge in [0.2, 0.25) is 5.91 Å². The van der Waals surface area contributed by atoms with Crippen molar-refractivity contribution < 1.29 is 4.79 Å². The first-order chi connectivity index (χ1) is 10.1. The summed E-state index contributed by atoms with van der Waals surface area (Å²) < 4.78 is 0. The van der Waals surface area contributed by atoms with E-state index in [2.05, 4.69) is 25.1 Å². The molecule has 2 N–H and O–H groups in total. The van der Waals surface area contributed by atoms with Gasteiger partial charge in [-0.3, -0.25) is 4.79 Å². The van der Waals surface area contributed by atoms with E-state index >= 15 is 0 Å². The summed E-state index contributed by atoms with van der Waals surface area (Å²) in [6, 6.07) is 8.54. The highest BCUT2D eigenvalue weighted by molar-refractivity contribution is 5.94. The first-order valence-electron chi connectivity index (χ1n) is 8.29. The highest BCUT2D eigenvalue weighted by Crippen LogP contribution is 2.32. The molecular weight excluding hydrogens is 296 g/mol. The van der Waals surface area contributed by atoms with Gasteiger partial charge in [-0.1, -0.05) is 38.0 Å². The zero-order chi connectivity index (χ0) is 14.8. The highest BCUT2D eigenvalue weighted by Gasteiger charge is 2.30. The van der Waals surface area contributed by atoms with Crippen molar-refractivity contribution in [3.63, 3.8) is 0 Å².